The Morgan fingerprint density at radius 1 is 1.00 bits per heavy atom. The first kappa shape index (κ1) is 22.1. The average molecular weight is 430 g/mol. The molecule has 1 aliphatic rings. The number of nitrogens with zero attached hydrogens (tertiary/aromatic N) is 2. The number of quaternary nitrogens is 1. The Labute approximate surface area is 183 Å². The molecule has 1 unspecified atom stereocenters. The van der Waals surface area contributed by atoms with E-state index in [1.54, 1.807) is 0 Å². The van der Waals surface area contributed by atoms with E-state index >= 15 is 0 Å². The Bertz CT molecular complexity index is 890. The number of carbonyl (C=O) groups is 2. The number of likely N-dealkylation sites (N-methyl/N-ethyl adjacent to an activating group) is 1. The van der Waals surface area contributed by atoms with Gasteiger partial charge in [0, 0.05) is 42.6 Å². The van der Waals surface area contributed by atoms with Crippen LogP contribution in [0.3, 0.4) is 0 Å². The van der Waals surface area contributed by atoms with E-state index in [0.29, 0.717) is 19.6 Å². The second-order valence-corrected chi connectivity index (χ2v) is 8.41. The highest BCUT2D eigenvalue weighted by molar-refractivity contribution is 6.30. The summed E-state index contributed by atoms with van der Waals surface area (Å²) in [5.41, 5.74) is 4.02. The number of benzene rings is 2. The fourth-order valence-electron chi connectivity index (χ4n) is 3.79. The molecule has 2 aromatic rings. The number of amides is 2. The van der Waals surface area contributed by atoms with Crippen LogP contribution in [0.5, 0.6) is 0 Å². The summed E-state index contributed by atoms with van der Waals surface area (Å²) in [5, 5.41) is 3.71. The van der Waals surface area contributed by atoms with Gasteiger partial charge in [-0.05, 0) is 43.2 Å². The van der Waals surface area contributed by atoms with Gasteiger partial charge in [-0.3, -0.25) is 9.59 Å². The highest BCUT2D eigenvalue weighted by atomic mass is 35.5. The van der Waals surface area contributed by atoms with Gasteiger partial charge in [0.2, 0.25) is 0 Å². The van der Waals surface area contributed by atoms with Gasteiger partial charge in [0.1, 0.15) is 0 Å². The first-order valence-electron chi connectivity index (χ1n) is 10.3. The van der Waals surface area contributed by atoms with E-state index in [4.69, 9.17) is 11.6 Å². The lowest BCUT2D eigenvalue weighted by Crippen LogP contribution is -3.11. The summed E-state index contributed by atoms with van der Waals surface area (Å²) >= 11 is 6.08. The van der Waals surface area contributed by atoms with Gasteiger partial charge in [-0.1, -0.05) is 35.9 Å². The summed E-state index contributed by atoms with van der Waals surface area (Å²) in [4.78, 5) is 30.1. The summed E-state index contributed by atoms with van der Waals surface area (Å²) in [5.74, 6) is 0.00147. The van der Waals surface area contributed by atoms with Crippen molar-refractivity contribution in [2.75, 3.05) is 56.5 Å². The molecule has 7 heteroatoms. The van der Waals surface area contributed by atoms with Gasteiger partial charge >= 0.3 is 0 Å². The van der Waals surface area contributed by atoms with Crippen molar-refractivity contribution in [3.8, 4) is 0 Å². The number of hydrogen-bond donors (Lipinski definition) is 2. The Hall–Kier alpha value is -2.57. The molecule has 2 amide bonds. The molecule has 1 aliphatic heterocycles. The second kappa shape index (κ2) is 9.96. The minimum Gasteiger partial charge on any atom is -0.368 e. The van der Waals surface area contributed by atoms with Crippen molar-refractivity contribution < 1.29 is 14.5 Å². The maximum atomic E-state index is 12.7. The number of hydrogen-bond acceptors (Lipinski definition) is 3. The summed E-state index contributed by atoms with van der Waals surface area (Å²) in [7, 11) is 1.88. The maximum absolute atomic E-state index is 12.7. The van der Waals surface area contributed by atoms with E-state index in [1.807, 2.05) is 68.3 Å². The quantitative estimate of drug-likeness (QED) is 0.735. The number of para-hydroxylation sites is 1. The second-order valence-electron chi connectivity index (χ2n) is 7.97. The topological polar surface area (TPSA) is 57.1 Å². The molecule has 0 aromatic heterocycles. The molecule has 0 bridgehead atoms. The molecule has 6 nitrogen and oxygen atoms in total. The van der Waals surface area contributed by atoms with E-state index in [1.165, 1.54) is 0 Å². The fraction of sp³-hybridized carbons (Fsp3) is 0.391. The molecule has 2 aromatic carbocycles. The van der Waals surface area contributed by atoms with Gasteiger partial charge in [0.05, 0.1) is 7.05 Å². The molecule has 0 spiro atoms. The number of halogens is 1. The predicted octanol–water partition coefficient (Wildman–Crippen LogP) is 1.76. The van der Waals surface area contributed by atoms with Crippen molar-refractivity contribution in [1.29, 1.82) is 0 Å². The van der Waals surface area contributed by atoms with Gasteiger partial charge in [0.15, 0.2) is 13.1 Å². The first-order valence-corrected chi connectivity index (χ1v) is 10.7. The lowest BCUT2D eigenvalue weighted by Gasteiger charge is -2.36. The SMILES string of the molecule is Cc1cccc(C)c1NC(=O)C[NH+](C)CC(=O)N1CCN(c2cccc(Cl)c2)CC1. The van der Waals surface area contributed by atoms with Crippen LogP contribution in [-0.2, 0) is 9.59 Å². The molecule has 30 heavy (non-hydrogen) atoms. The summed E-state index contributed by atoms with van der Waals surface area (Å²) in [6, 6.07) is 13.7. The Morgan fingerprint density at radius 3 is 2.27 bits per heavy atom. The van der Waals surface area contributed by atoms with Crippen LogP contribution in [0.4, 0.5) is 11.4 Å². The predicted molar refractivity (Wildman–Crippen MR) is 121 cm³/mol. The fourth-order valence-corrected chi connectivity index (χ4v) is 3.97. The van der Waals surface area contributed by atoms with Crippen molar-refractivity contribution in [2.45, 2.75) is 13.8 Å². The summed E-state index contributed by atoms with van der Waals surface area (Å²) in [6.45, 7) is 7.41. The van der Waals surface area contributed by atoms with Crippen LogP contribution >= 0.6 is 11.6 Å². The number of rotatable bonds is 6. The Balaban J connectivity index is 1.46. The number of carbonyl (C=O) groups excluding carboxylic acids is 2. The molecule has 2 N–H and O–H groups in total. The van der Waals surface area contributed by atoms with Crippen molar-refractivity contribution in [3.05, 3.63) is 58.6 Å². The third-order valence-electron chi connectivity index (χ3n) is 5.47. The van der Waals surface area contributed by atoms with E-state index < -0.39 is 0 Å². The van der Waals surface area contributed by atoms with Crippen LogP contribution in [0, 0.1) is 13.8 Å². The first-order chi connectivity index (χ1) is 14.3. The maximum Gasteiger partial charge on any atom is 0.279 e. The minimum atomic E-state index is -0.0801. The van der Waals surface area contributed by atoms with E-state index in [0.717, 1.165) is 45.5 Å². The lowest BCUT2D eigenvalue weighted by molar-refractivity contribution is -0.862. The third kappa shape index (κ3) is 5.74. The number of anilines is 2. The Morgan fingerprint density at radius 2 is 1.63 bits per heavy atom. The summed E-state index contributed by atoms with van der Waals surface area (Å²) < 4.78 is 0. The zero-order chi connectivity index (χ0) is 21.7. The highest BCUT2D eigenvalue weighted by Gasteiger charge is 2.24. The molecular formula is C23H30ClN4O2+. The molecule has 160 valence electrons. The Kier molecular flexibility index (Phi) is 7.34. The largest absolute Gasteiger partial charge is 0.368 e. The molecule has 0 aliphatic carbocycles. The molecule has 1 heterocycles. The normalized spacial score (nSPS) is 15.1. The minimum absolute atomic E-state index is 0.0801. The highest BCUT2D eigenvalue weighted by Crippen LogP contribution is 2.21. The van der Waals surface area contributed by atoms with Gasteiger partial charge < -0.3 is 20.0 Å². The van der Waals surface area contributed by atoms with Crippen LogP contribution < -0.4 is 15.1 Å². The van der Waals surface area contributed by atoms with Gasteiger partial charge in [-0.2, -0.15) is 0 Å². The standard InChI is InChI=1S/C23H29ClN4O2/c1-17-6-4-7-18(2)23(17)25-21(29)15-26(3)16-22(30)28-12-10-27(11-13-28)20-9-5-8-19(24)14-20/h4-9,14H,10-13,15-16H2,1-3H3,(H,25,29)/p+1. The van der Waals surface area contributed by atoms with Crippen molar-refractivity contribution in [1.82, 2.24) is 4.90 Å². The summed E-state index contributed by atoms with van der Waals surface area (Å²) in [6.07, 6.45) is 0. The zero-order valence-electron chi connectivity index (χ0n) is 17.9. The van der Waals surface area contributed by atoms with Crippen molar-refractivity contribution in [2.24, 2.45) is 0 Å². The molecule has 1 fully saturated rings. The van der Waals surface area contributed by atoms with Crippen molar-refractivity contribution >= 4 is 34.8 Å². The number of aryl methyl sites for hydroxylation is 2. The number of nitrogens with one attached hydrogen (secondary N) is 2. The zero-order valence-corrected chi connectivity index (χ0v) is 18.6. The van der Waals surface area contributed by atoms with Gasteiger partial charge in [-0.15, -0.1) is 0 Å². The monoisotopic (exact) mass is 429 g/mol. The van der Waals surface area contributed by atoms with Crippen LogP contribution in [0.15, 0.2) is 42.5 Å². The van der Waals surface area contributed by atoms with Gasteiger partial charge in [0.25, 0.3) is 11.8 Å². The van der Waals surface area contributed by atoms with E-state index in [-0.39, 0.29) is 18.4 Å². The lowest BCUT2D eigenvalue weighted by atomic mass is 10.1. The van der Waals surface area contributed by atoms with Crippen molar-refractivity contribution in [3.63, 3.8) is 0 Å². The van der Waals surface area contributed by atoms with Crippen LogP contribution in [0.1, 0.15) is 11.1 Å². The smallest absolute Gasteiger partial charge is 0.279 e. The van der Waals surface area contributed by atoms with E-state index in [9.17, 15) is 9.59 Å². The molecule has 0 saturated carbocycles. The molecule has 1 saturated heterocycles. The van der Waals surface area contributed by atoms with Crippen LogP contribution in [0.25, 0.3) is 0 Å². The van der Waals surface area contributed by atoms with Crippen LogP contribution in [0.2, 0.25) is 5.02 Å². The van der Waals surface area contributed by atoms with E-state index in [2.05, 4.69) is 10.2 Å². The third-order valence-corrected chi connectivity index (χ3v) is 5.70. The molecule has 3 rings (SSSR count). The molecule has 1 atom stereocenters. The van der Waals surface area contributed by atoms with Gasteiger partial charge in [-0.25, -0.2) is 0 Å². The molecular weight excluding hydrogens is 400 g/mol. The molecule has 0 radical (unpaired) electrons. The van der Waals surface area contributed by atoms with Crippen LogP contribution in [-0.4, -0.2) is 63.0 Å². The average Bonchev–Trinajstić information content (AvgIpc) is 2.71. The number of piperazine rings is 1.